The van der Waals surface area contributed by atoms with Gasteiger partial charge in [0.25, 0.3) is 0 Å². The summed E-state index contributed by atoms with van der Waals surface area (Å²) in [5.74, 6) is 0.152. The van der Waals surface area contributed by atoms with Gasteiger partial charge in [0.15, 0.2) is 0 Å². The van der Waals surface area contributed by atoms with Crippen molar-refractivity contribution in [3.63, 3.8) is 0 Å². The van der Waals surface area contributed by atoms with Crippen LogP contribution >= 0.6 is 0 Å². The second kappa shape index (κ2) is 5.49. The molecular formula is C18H18O2. The molecule has 0 spiro atoms. The maximum Gasteiger partial charge on any atom is 0.307 e. The molecule has 3 rings (SSSR count). The van der Waals surface area contributed by atoms with E-state index in [1.165, 1.54) is 11.1 Å². The molecule has 1 saturated heterocycles. The minimum absolute atomic E-state index is 0.101. The lowest BCUT2D eigenvalue weighted by Gasteiger charge is -2.29. The van der Waals surface area contributed by atoms with E-state index in [9.17, 15) is 4.79 Å². The second-order valence-corrected chi connectivity index (χ2v) is 5.44. The Hall–Kier alpha value is -2.09. The highest BCUT2D eigenvalue weighted by molar-refractivity contribution is 5.72. The number of esters is 1. The molecule has 2 atom stereocenters. The molecular weight excluding hydrogens is 248 g/mol. The Balaban J connectivity index is 1.83. The number of ether oxygens (including phenoxy) is 1. The Morgan fingerprint density at radius 1 is 0.950 bits per heavy atom. The van der Waals surface area contributed by atoms with Gasteiger partial charge in [-0.25, -0.2) is 0 Å². The number of cyclic esters (lactones) is 1. The van der Waals surface area contributed by atoms with Crippen molar-refractivity contribution < 1.29 is 9.53 Å². The fraction of sp³-hybridized carbons (Fsp3) is 0.278. The van der Waals surface area contributed by atoms with Gasteiger partial charge in [-0.15, -0.1) is 0 Å². The molecule has 0 unspecified atom stereocenters. The lowest BCUT2D eigenvalue weighted by Crippen LogP contribution is -2.23. The van der Waals surface area contributed by atoms with Crippen molar-refractivity contribution >= 4 is 5.97 Å². The number of carbonyl (C=O) groups excluding carboxylic acids is 1. The molecule has 1 aliphatic heterocycles. The summed E-state index contributed by atoms with van der Waals surface area (Å²) in [7, 11) is 0. The highest BCUT2D eigenvalue weighted by Crippen LogP contribution is 2.37. The molecule has 0 bridgehead atoms. The Morgan fingerprint density at radius 3 is 2.35 bits per heavy atom. The molecule has 0 aromatic heterocycles. The van der Waals surface area contributed by atoms with E-state index in [2.05, 4.69) is 43.3 Å². The average Bonchev–Trinajstić information content (AvgIpc) is 2.48. The molecule has 0 saturated carbocycles. The molecule has 2 aromatic rings. The molecule has 102 valence electrons. The van der Waals surface area contributed by atoms with Crippen LogP contribution in [-0.4, -0.2) is 5.97 Å². The second-order valence-electron chi connectivity index (χ2n) is 5.44. The van der Waals surface area contributed by atoms with Crippen LogP contribution in [0.1, 0.15) is 41.6 Å². The summed E-state index contributed by atoms with van der Waals surface area (Å²) < 4.78 is 5.53. The third kappa shape index (κ3) is 2.74. The Labute approximate surface area is 119 Å². The van der Waals surface area contributed by atoms with Gasteiger partial charge in [0.1, 0.15) is 6.10 Å². The van der Waals surface area contributed by atoms with E-state index < -0.39 is 0 Å². The molecule has 1 fully saturated rings. The highest BCUT2D eigenvalue weighted by Gasteiger charge is 2.30. The molecule has 0 aliphatic carbocycles. The van der Waals surface area contributed by atoms with E-state index in [1.54, 1.807) is 0 Å². The van der Waals surface area contributed by atoms with Crippen molar-refractivity contribution in [2.45, 2.75) is 31.8 Å². The zero-order valence-corrected chi connectivity index (χ0v) is 11.6. The molecule has 1 heterocycles. The third-order valence-corrected chi connectivity index (χ3v) is 3.91. The zero-order chi connectivity index (χ0) is 13.9. The maximum atomic E-state index is 11.9. The number of benzene rings is 2. The summed E-state index contributed by atoms with van der Waals surface area (Å²) in [5.41, 5.74) is 3.53. The summed E-state index contributed by atoms with van der Waals surface area (Å²) in [6, 6.07) is 18.5. The van der Waals surface area contributed by atoms with Crippen LogP contribution in [0.2, 0.25) is 0 Å². The van der Waals surface area contributed by atoms with Crippen LogP contribution in [0.4, 0.5) is 0 Å². The summed E-state index contributed by atoms with van der Waals surface area (Å²) in [4.78, 5) is 11.9. The fourth-order valence-corrected chi connectivity index (χ4v) is 2.76. The maximum absolute atomic E-state index is 11.9. The predicted octanol–water partition coefficient (Wildman–Crippen LogP) is 4.16. The molecule has 20 heavy (non-hydrogen) atoms. The number of aryl methyl sites for hydroxylation is 1. The van der Waals surface area contributed by atoms with E-state index in [0.717, 1.165) is 12.0 Å². The average molecular weight is 266 g/mol. The SMILES string of the molecule is Cc1ccc([C@@H]2C[C@@H](c3ccccc3)CC(=O)O2)cc1. The molecule has 0 N–H and O–H groups in total. The monoisotopic (exact) mass is 266 g/mol. The normalized spacial score (nSPS) is 22.4. The quantitative estimate of drug-likeness (QED) is 0.763. The lowest BCUT2D eigenvalue weighted by molar-refractivity contribution is -0.155. The van der Waals surface area contributed by atoms with Gasteiger partial charge in [0, 0.05) is 0 Å². The van der Waals surface area contributed by atoms with Gasteiger partial charge in [-0.1, -0.05) is 60.2 Å². The van der Waals surface area contributed by atoms with Crippen LogP contribution in [-0.2, 0) is 9.53 Å². The number of carbonyl (C=O) groups is 1. The van der Waals surface area contributed by atoms with Crippen LogP contribution in [0.25, 0.3) is 0 Å². The van der Waals surface area contributed by atoms with Crippen molar-refractivity contribution in [3.8, 4) is 0 Å². The van der Waals surface area contributed by atoms with Crippen molar-refractivity contribution in [1.82, 2.24) is 0 Å². The van der Waals surface area contributed by atoms with Crippen LogP contribution in [0, 0.1) is 6.92 Å². The first-order chi connectivity index (χ1) is 9.72. The van der Waals surface area contributed by atoms with Gasteiger partial charge in [-0.05, 0) is 30.4 Å². The minimum Gasteiger partial charge on any atom is -0.457 e. The van der Waals surface area contributed by atoms with Gasteiger partial charge in [0.05, 0.1) is 6.42 Å². The topological polar surface area (TPSA) is 26.3 Å². The molecule has 1 aliphatic rings. The summed E-state index contributed by atoms with van der Waals surface area (Å²) in [6.07, 6.45) is 1.22. The molecule has 2 nitrogen and oxygen atoms in total. The lowest BCUT2D eigenvalue weighted by atomic mass is 9.86. The first-order valence-electron chi connectivity index (χ1n) is 7.03. The fourth-order valence-electron chi connectivity index (χ4n) is 2.76. The predicted molar refractivity (Wildman–Crippen MR) is 78.4 cm³/mol. The first-order valence-corrected chi connectivity index (χ1v) is 7.03. The van der Waals surface area contributed by atoms with E-state index >= 15 is 0 Å². The minimum atomic E-state index is -0.123. The molecule has 2 heteroatoms. The van der Waals surface area contributed by atoms with E-state index in [4.69, 9.17) is 4.74 Å². The number of rotatable bonds is 2. The molecule has 0 amide bonds. The van der Waals surface area contributed by atoms with Crippen LogP contribution in [0.3, 0.4) is 0 Å². The van der Waals surface area contributed by atoms with Crippen molar-refractivity contribution in [2.75, 3.05) is 0 Å². The van der Waals surface area contributed by atoms with Crippen molar-refractivity contribution in [2.24, 2.45) is 0 Å². The van der Waals surface area contributed by atoms with Gasteiger partial charge in [-0.3, -0.25) is 4.79 Å². The van der Waals surface area contributed by atoms with Gasteiger partial charge in [-0.2, -0.15) is 0 Å². The Morgan fingerprint density at radius 2 is 1.65 bits per heavy atom. The van der Waals surface area contributed by atoms with E-state index in [0.29, 0.717) is 6.42 Å². The van der Waals surface area contributed by atoms with Gasteiger partial charge in [0.2, 0.25) is 0 Å². The smallest absolute Gasteiger partial charge is 0.307 e. The first kappa shape index (κ1) is 12.9. The largest absolute Gasteiger partial charge is 0.457 e. The van der Waals surface area contributed by atoms with Crippen LogP contribution < -0.4 is 0 Å². The third-order valence-electron chi connectivity index (χ3n) is 3.91. The van der Waals surface area contributed by atoms with Crippen molar-refractivity contribution in [1.29, 1.82) is 0 Å². The molecule has 0 radical (unpaired) electrons. The van der Waals surface area contributed by atoms with Crippen LogP contribution in [0.5, 0.6) is 0 Å². The highest BCUT2D eigenvalue weighted by atomic mass is 16.5. The standard InChI is InChI=1S/C18H18O2/c1-13-7-9-15(10-8-13)17-11-16(12-18(19)20-17)14-5-3-2-4-6-14/h2-10,16-17H,11-12H2,1H3/t16-,17+/m1/s1. The number of hydrogen-bond acceptors (Lipinski definition) is 2. The van der Waals surface area contributed by atoms with Crippen LogP contribution in [0.15, 0.2) is 54.6 Å². The van der Waals surface area contributed by atoms with E-state index in [1.807, 2.05) is 18.2 Å². The van der Waals surface area contributed by atoms with Gasteiger partial charge < -0.3 is 4.74 Å². The number of hydrogen-bond donors (Lipinski definition) is 0. The van der Waals surface area contributed by atoms with Crippen molar-refractivity contribution in [3.05, 3.63) is 71.3 Å². The Bertz CT molecular complexity index is 587. The van der Waals surface area contributed by atoms with Gasteiger partial charge >= 0.3 is 5.97 Å². The summed E-state index contributed by atoms with van der Waals surface area (Å²) in [5, 5.41) is 0. The van der Waals surface area contributed by atoms with E-state index in [-0.39, 0.29) is 18.0 Å². The zero-order valence-electron chi connectivity index (χ0n) is 11.6. The summed E-state index contributed by atoms with van der Waals surface area (Å²) >= 11 is 0. The Kier molecular flexibility index (Phi) is 3.55. The molecule has 2 aromatic carbocycles. The summed E-state index contributed by atoms with van der Waals surface area (Å²) in [6.45, 7) is 2.06.